The first-order valence-corrected chi connectivity index (χ1v) is 8.89. The summed E-state index contributed by atoms with van der Waals surface area (Å²) < 4.78 is 16.4. The molecule has 0 bridgehead atoms. The van der Waals surface area contributed by atoms with Crippen molar-refractivity contribution in [2.75, 3.05) is 40.5 Å². The van der Waals surface area contributed by atoms with E-state index in [2.05, 4.69) is 18.7 Å². The largest absolute Gasteiger partial charge is 0.493 e. The van der Waals surface area contributed by atoms with Crippen LogP contribution in [0.3, 0.4) is 0 Å². The van der Waals surface area contributed by atoms with Crippen molar-refractivity contribution in [2.45, 2.75) is 39.0 Å². The lowest BCUT2D eigenvalue weighted by atomic mass is 9.98. The van der Waals surface area contributed by atoms with E-state index in [1.54, 1.807) is 14.2 Å². The molecule has 2 heterocycles. The summed E-state index contributed by atoms with van der Waals surface area (Å²) in [7, 11) is 3.28. The van der Waals surface area contributed by atoms with Crippen molar-refractivity contribution in [2.24, 2.45) is 0 Å². The van der Waals surface area contributed by atoms with Gasteiger partial charge in [-0.25, -0.2) is 0 Å². The summed E-state index contributed by atoms with van der Waals surface area (Å²) >= 11 is 0. The summed E-state index contributed by atoms with van der Waals surface area (Å²) in [6.45, 7) is 7.49. The molecule has 0 N–H and O–H groups in total. The van der Waals surface area contributed by atoms with E-state index in [-0.39, 0.29) is 18.1 Å². The fourth-order valence-electron chi connectivity index (χ4n) is 3.56. The van der Waals surface area contributed by atoms with Crippen molar-refractivity contribution in [1.82, 2.24) is 9.80 Å². The fourth-order valence-corrected chi connectivity index (χ4v) is 3.56. The number of hydrogen-bond acceptors (Lipinski definition) is 5. The second-order valence-electron chi connectivity index (χ2n) is 6.96. The second-order valence-corrected chi connectivity index (χ2v) is 6.96. The Morgan fingerprint density at radius 2 is 1.88 bits per heavy atom. The molecule has 138 valence electrons. The molecular weight excluding hydrogens is 320 g/mol. The van der Waals surface area contributed by atoms with E-state index in [1.165, 1.54) is 5.56 Å². The van der Waals surface area contributed by atoms with Gasteiger partial charge in [0.15, 0.2) is 11.5 Å². The quantitative estimate of drug-likeness (QED) is 0.829. The molecule has 1 amide bonds. The van der Waals surface area contributed by atoms with Crippen molar-refractivity contribution in [3.63, 3.8) is 0 Å². The molecule has 6 nitrogen and oxygen atoms in total. The second kappa shape index (κ2) is 7.62. The molecule has 6 heteroatoms. The van der Waals surface area contributed by atoms with Gasteiger partial charge in [-0.2, -0.15) is 0 Å². The van der Waals surface area contributed by atoms with E-state index in [1.807, 2.05) is 17.0 Å². The lowest BCUT2D eigenvalue weighted by molar-refractivity contribution is -0.136. The van der Waals surface area contributed by atoms with E-state index in [0.717, 1.165) is 30.8 Å². The molecule has 2 unspecified atom stereocenters. The van der Waals surface area contributed by atoms with Crippen molar-refractivity contribution in [3.05, 3.63) is 23.3 Å². The summed E-state index contributed by atoms with van der Waals surface area (Å²) in [5.41, 5.74) is 2.37. The minimum atomic E-state index is 0.182. The Labute approximate surface area is 149 Å². The monoisotopic (exact) mass is 348 g/mol. The van der Waals surface area contributed by atoms with Crippen molar-refractivity contribution < 1.29 is 19.0 Å². The van der Waals surface area contributed by atoms with Crippen LogP contribution < -0.4 is 9.47 Å². The Morgan fingerprint density at radius 1 is 1.20 bits per heavy atom. The number of morpholine rings is 1. The van der Waals surface area contributed by atoms with Crippen LogP contribution in [0.1, 0.15) is 25.0 Å². The van der Waals surface area contributed by atoms with Crippen LogP contribution in [0.2, 0.25) is 0 Å². The van der Waals surface area contributed by atoms with Gasteiger partial charge in [0.2, 0.25) is 5.91 Å². The molecule has 2 aliphatic heterocycles. The van der Waals surface area contributed by atoms with Crippen LogP contribution in [-0.2, 0) is 22.5 Å². The number of hydrogen-bond donors (Lipinski definition) is 0. The van der Waals surface area contributed by atoms with E-state index in [4.69, 9.17) is 14.2 Å². The zero-order valence-corrected chi connectivity index (χ0v) is 15.6. The number of carbonyl (C=O) groups excluding carboxylic acids is 1. The van der Waals surface area contributed by atoms with Gasteiger partial charge in [-0.05, 0) is 43.5 Å². The molecule has 0 aliphatic carbocycles. The molecule has 1 fully saturated rings. The molecule has 0 aromatic heterocycles. The average Bonchev–Trinajstić information content (AvgIpc) is 2.62. The number of benzene rings is 1. The summed E-state index contributed by atoms with van der Waals surface area (Å²) in [6, 6.07) is 4.30. The minimum absolute atomic E-state index is 0.182. The van der Waals surface area contributed by atoms with Crippen LogP contribution in [0.4, 0.5) is 0 Å². The number of rotatable bonds is 4. The highest BCUT2D eigenvalue weighted by Gasteiger charge is 2.28. The van der Waals surface area contributed by atoms with Crippen molar-refractivity contribution in [3.8, 4) is 11.5 Å². The van der Waals surface area contributed by atoms with Gasteiger partial charge in [0.1, 0.15) is 0 Å². The van der Waals surface area contributed by atoms with E-state index in [0.29, 0.717) is 25.4 Å². The van der Waals surface area contributed by atoms with Crippen molar-refractivity contribution >= 4 is 5.91 Å². The van der Waals surface area contributed by atoms with E-state index in [9.17, 15) is 4.79 Å². The summed E-state index contributed by atoms with van der Waals surface area (Å²) in [5.74, 6) is 1.64. The minimum Gasteiger partial charge on any atom is -0.493 e. The van der Waals surface area contributed by atoms with Gasteiger partial charge in [0.25, 0.3) is 0 Å². The third kappa shape index (κ3) is 3.90. The maximum atomic E-state index is 12.8. The first-order chi connectivity index (χ1) is 12.0. The molecule has 2 aliphatic rings. The smallest absolute Gasteiger partial charge is 0.237 e. The van der Waals surface area contributed by atoms with Gasteiger partial charge in [-0.1, -0.05) is 0 Å². The van der Waals surface area contributed by atoms with Crippen LogP contribution in [0.25, 0.3) is 0 Å². The predicted molar refractivity (Wildman–Crippen MR) is 95.1 cm³/mol. The van der Waals surface area contributed by atoms with E-state index < -0.39 is 0 Å². The molecule has 3 rings (SSSR count). The standard InChI is InChI=1S/C19H28N2O4/c1-13-12-25-14(2)9-21(13)11-19(22)20-6-5-15-7-17(23-3)18(24-4)8-16(15)10-20/h7-8,13-14H,5-6,9-12H2,1-4H3. The highest BCUT2D eigenvalue weighted by Crippen LogP contribution is 2.33. The number of nitrogens with zero attached hydrogens (tertiary/aromatic N) is 2. The highest BCUT2D eigenvalue weighted by atomic mass is 16.5. The summed E-state index contributed by atoms with van der Waals surface area (Å²) in [6.07, 6.45) is 1.03. The predicted octanol–water partition coefficient (Wildman–Crippen LogP) is 1.70. The van der Waals surface area contributed by atoms with Crippen LogP contribution in [0.15, 0.2) is 12.1 Å². The lowest BCUT2D eigenvalue weighted by Crippen LogP contribution is -2.52. The van der Waals surface area contributed by atoms with Gasteiger partial charge in [0, 0.05) is 25.7 Å². The average molecular weight is 348 g/mol. The maximum Gasteiger partial charge on any atom is 0.237 e. The van der Waals surface area contributed by atoms with Gasteiger partial charge in [-0.15, -0.1) is 0 Å². The zero-order valence-electron chi connectivity index (χ0n) is 15.6. The van der Waals surface area contributed by atoms with Crippen LogP contribution >= 0.6 is 0 Å². The molecule has 25 heavy (non-hydrogen) atoms. The number of amides is 1. The van der Waals surface area contributed by atoms with Crippen LogP contribution in [0, 0.1) is 0 Å². The Bertz CT molecular complexity index is 634. The summed E-state index contributed by atoms with van der Waals surface area (Å²) in [5, 5.41) is 0. The first kappa shape index (κ1) is 18.0. The summed E-state index contributed by atoms with van der Waals surface area (Å²) in [4.78, 5) is 17.0. The maximum absolute atomic E-state index is 12.8. The number of carbonyl (C=O) groups is 1. The zero-order chi connectivity index (χ0) is 18.0. The topological polar surface area (TPSA) is 51.2 Å². The molecular formula is C19H28N2O4. The Hall–Kier alpha value is -1.79. The van der Waals surface area contributed by atoms with Gasteiger partial charge < -0.3 is 19.1 Å². The van der Waals surface area contributed by atoms with Crippen LogP contribution in [0.5, 0.6) is 11.5 Å². The third-order valence-corrected chi connectivity index (χ3v) is 5.15. The molecule has 1 aromatic rings. The Balaban J connectivity index is 1.68. The van der Waals surface area contributed by atoms with E-state index >= 15 is 0 Å². The highest BCUT2D eigenvalue weighted by molar-refractivity contribution is 5.78. The number of ether oxygens (including phenoxy) is 3. The number of methoxy groups -OCH3 is 2. The van der Waals surface area contributed by atoms with Gasteiger partial charge >= 0.3 is 0 Å². The number of fused-ring (bicyclic) bond motifs is 1. The van der Waals surface area contributed by atoms with Gasteiger partial charge in [-0.3, -0.25) is 9.69 Å². The molecule has 1 saturated heterocycles. The SMILES string of the molecule is COc1cc2c(cc1OC)CN(C(=O)CN1CC(C)OCC1C)CC2. The first-order valence-electron chi connectivity index (χ1n) is 8.89. The molecule has 1 aromatic carbocycles. The van der Waals surface area contributed by atoms with Crippen LogP contribution in [-0.4, -0.2) is 68.3 Å². The normalized spacial score (nSPS) is 23.9. The Morgan fingerprint density at radius 3 is 2.56 bits per heavy atom. The molecule has 0 radical (unpaired) electrons. The fraction of sp³-hybridized carbons (Fsp3) is 0.632. The van der Waals surface area contributed by atoms with Gasteiger partial charge in [0.05, 0.1) is 33.5 Å². The molecule has 0 spiro atoms. The van der Waals surface area contributed by atoms with Crippen molar-refractivity contribution in [1.29, 1.82) is 0 Å². The third-order valence-electron chi connectivity index (χ3n) is 5.15. The Kier molecular flexibility index (Phi) is 5.49. The molecule has 0 saturated carbocycles. The lowest BCUT2D eigenvalue weighted by Gasteiger charge is -2.38. The molecule has 2 atom stereocenters.